The topological polar surface area (TPSA) is 131 Å². The van der Waals surface area contributed by atoms with E-state index in [1.54, 1.807) is 0 Å². The first-order valence-electron chi connectivity index (χ1n) is 23.9. The minimum Gasteiger partial charge on any atom is -0.391 e. The number of aliphatic hydroxyl groups excluding tert-OH is 1. The van der Waals surface area contributed by atoms with E-state index in [9.17, 15) is 19.4 Å². The van der Waals surface area contributed by atoms with Gasteiger partial charge in [0.15, 0.2) is 0 Å². The highest BCUT2D eigenvalue weighted by atomic mass is 31.2. The molecule has 0 heterocycles. The molecule has 8 nitrogen and oxygen atoms in total. The number of unbranched alkanes of at least 4 members (excludes halogenated alkanes) is 22. The summed E-state index contributed by atoms with van der Waals surface area (Å²) >= 11 is 0. The smallest absolute Gasteiger partial charge is 0.391 e. The fraction of sp³-hybridized carbons (Fsp3) is 0.776. The molecule has 0 spiro atoms. The van der Waals surface area contributed by atoms with Crippen molar-refractivity contribution in [3.05, 3.63) is 60.8 Å². The third-order valence-electron chi connectivity index (χ3n) is 10.4. The SMILES string of the molecule is CC/C=C\C/C=C\C/C=C\C/C=C\C/C=C\CCCCCCCC(=O)NC(COP(=O)(O)OCCN)C(O)CCCCCCCCCCCCCCCCCCCC. The highest BCUT2D eigenvalue weighted by molar-refractivity contribution is 7.47. The number of amides is 1. The van der Waals surface area contributed by atoms with Gasteiger partial charge in [-0.3, -0.25) is 13.8 Å². The van der Waals surface area contributed by atoms with Crippen molar-refractivity contribution in [3.63, 3.8) is 0 Å². The first kappa shape index (κ1) is 56.2. The molecule has 0 aliphatic carbocycles. The van der Waals surface area contributed by atoms with E-state index in [2.05, 4.69) is 79.9 Å². The zero-order valence-corrected chi connectivity index (χ0v) is 38.4. The molecule has 0 saturated carbocycles. The highest BCUT2D eigenvalue weighted by Gasteiger charge is 2.27. The molecule has 0 aromatic heterocycles. The lowest BCUT2D eigenvalue weighted by Crippen LogP contribution is -2.46. The van der Waals surface area contributed by atoms with Gasteiger partial charge in [-0.15, -0.1) is 0 Å². The van der Waals surface area contributed by atoms with E-state index in [0.717, 1.165) is 89.9 Å². The van der Waals surface area contributed by atoms with Crippen LogP contribution in [0, 0.1) is 0 Å². The maximum absolute atomic E-state index is 12.8. The standard InChI is InChI=1S/C49H91N2O6P/c1-3-5-7-9-11-13-15-17-19-21-23-24-25-27-29-31-33-35-37-39-41-43-49(53)51-47(46-57-58(54,55)56-45-44-50)48(52)42-40-38-36-34-32-30-28-26-22-20-18-16-14-12-10-8-6-4-2/h5,7,11,13,17,19,23-24,27,29,47-48,52H,3-4,6,8-10,12,14-16,18,20-22,25-26,28,30-46,50H2,1-2H3,(H,51,53)(H,54,55)/b7-5-,13-11-,19-17-,24-23-,29-27-. The molecule has 0 aliphatic rings. The number of hydrogen-bond donors (Lipinski definition) is 4. The van der Waals surface area contributed by atoms with Crippen molar-refractivity contribution < 1.29 is 28.4 Å². The number of phosphoric ester groups is 1. The van der Waals surface area contributed by atoms with Crippen LogP contribution in [0.5, 0.6) is 0 Å². The van der Waals surface area contributed by atoms with Crippen molar-refractivity contribution in [2.75, 3.05) is 19.8 Å². The van der Waals surface area contributed by atoms with Gasteiger partial charge in [-0.2, -0.15) is 0 Å². The lowest BCUT2D eigenvalue weighted by atomic mass is 10.0. The number of hydrogen-bond acceptors (Lipinski definition) is 6. The molecule has 0 aliphatic heterocycles. The predicted molar refractivity (Wildman–Crippen MR) is 249 cm³/mol. The van der Waals surface area contributed by atoms with Crippen LogP contribution in [0.2, 0.25) is 0 Å². The largest absolute Gasteiger partial charge is 0.472 e. The van der Waals surface area contributed by atoms with Crippen LogP contribution in [-0.4, -0.2) is 47.8 Å². The Bertz CT molecular complexity index is 1090. The summed E-state index contributed by atoms with van der Waals surface area (Å²) in [5.74, 6) is -0.181. The second-order valence-electron chi connectivity index (χ2n) is 15.9. The van der Waals surface area contributed by atoms with Crippen molar-refractivity contribution >= 4 is 13.7 Å². The van der Waals surface area contributed by atoms with Crippen molar-refractivity contribution in [3.8, 4) is 0 Å². The zero-order valence-electron chi connectivity index (χ0n) is 37.5. The van der Waals surface area contributed by atoms with E-state index in [1.807, 2.05) is 0 Å². The van der Waals surface area contributed by atoms with Gasteiger partial charge in [0.2, 0.25) is 5.91 Å². The van der Waals surface area contributed by atoms with Crippen LogP contribution in [0.15, 0.2) is 60.8 Å². The number of nitrogens with two attached hydrogens (primary N) is 1. The Hall–Kier alpha value is -1.80. The Kier molecular flexibility index (Phi) is 43.4. The Labute approximate surface area is 357 Å². The third kappa shape index (κ3) is 42.3. The molecule has 0 bridgehead atoms. The number of carbonyl (C=O) groups excluding carboxylic acids is 1. The van der Waals surface area contributed by atoms with Crippen LogP contribution in [0.25, 0.3) is 0 Å². The van der Waals surface area contributed by atoms with E-state index in [0.29, 0.717) is 12.8 Å². The molecule has 0 rings (SSSR count). The van der Waals surface area contributed by atoms with Crippen LogP contribution in [-0.2, 0) is 18.4 Å². The summed E-state index contributed by atoms with van der Waals surface area (Å²) in [7, 11) is -4.33. The third-order valence-corrected chi connectivity index (χ3v) is 11.4. The second kappa shape index (κ2) is 44.7. The van der Waals surface area contributed by atoms with Gasteiger partial charge < -0.3 is 21.1 Å². The molecule has 0 saturated heterocycles. The molecule has 5 N–H and O–H groups in total. The van der Waals surface area contributed by atoms with E-state index >= 15 is 0 Å². The predicted octanol–water partition coefficient (Wildman–Crippen LogP) is 13.8. The highest BCUT2D eigenvalue weighted by Crippen LogP contribution is 2.43. The van der Waals surface area contributed by atoms with Crippen molar-refractivity contribution in [1.29, 1.82) is 0 Å². The van der Waals surface area contributed by atoms with Gasteiger partial charge in [0.1, 0.15) is 0 Å². The molecule has 0 aromatic rings. The molecular formula is C49H91N2O6P. The number of nitrogens with one attached hydrogen (secondary N) is 1. The molecule has 9 heteroatoms. The Morgan fingerprint density at radius 2 is 1.00 bits per heavy atom. The van der Waals surface area contributed by atoms with Gasteiger partial charge in [0.05, 0.1) is 25.4 Å². The molecule has 58 heavy (non-hydrogen) atoms. The summed E-state index contributed by atoms with van der Waals surface area (Å²) in [6.45, 7) is 4.09. The second-order valence-corrected chi connectivity index (χ2v) is 17.4. The van der Waals surface area contributed by atoms with Crippen molar-refractivity contribution in [1.82, 2.24) is 5.32 Å². The maximum atomic E-state index is 12.8. The first-order valence-corrected chi connectivity index (χ1v) is 25.4. The summed E-state index contributed by atoms with van der Waals surface area (Å²) in [6.07, 6.45) is 56.6. The summed E-state index contributed by atoms with van der Waals surface area (Å²) in [6, 6.07) is -0.788. The maximum Gasteiger partial charge on any atom is 0.472 e. The number of phosphoric acid groups is 1. The van der Waals surface area contributed by atoms with Crippen LogP contribution in [0.4, 0.5) is 0 Å². The lowest BCUT2D eigenvalue weighted by molar-refractivity contribution is -0.123. The van der Waals surface area contributed by atoms with Crippen LogP contribution in [0.1, 0.15) is 213 Å². The summed E-state index contributed by atoms with van der Waals surface area (Å²) in [4.78, 5) is 22.8. The van der Waals surface area contributed by atoms with Crippen molar-refractivity contribution in [2.45, 2.75) is 225 Å². The lowest BCUT2D eigenvalue weighted by Gasteiger charge is -2.25. The molecule has 0 aromatic carbocycles. The number of aliphatic hydroxyl groups is 1. The van der Waals surface area contributed by atoms with Gasteiger partial charge in [-0.05, 0) is 57.8 Å². The first-order chi connectivity index (χ1) is 28.4. The normalized spacial score (nSPS) is 14.5. The Morgan fingerprint density at radius 1 is 0.586 bits per heavy atom. The fourth-order valence-corrected chi connectivity index (χ4v) is 7.57. The summed E-state index contributed by atoms with van der Waals surface area (Å²) in [5, 5.41) is 13.8. The summed E-state index contributed by atoms with van der Waals surface area (Å²) in [5.41, 5.74) is 5.39. The average Bonchev–Trinajstić information content (AvgIpc) is 3.21. The Balaban J connectivity index is 4.16. The fourth-order valence-electron chi connectivity index (χ4n) is 6.81. The number of rotatable bonds is 44. The quantitative estimate of drug-likeness (QED) is 0.0273. The molecule has 3 unspecified atom stereocenters. The van der Waals surface area contributed by atoms with Gasteiger partial charge in [0, 0.05) is 13.0 Å². The minimum atomic E-state index is -4.33. The molecule has 3 atom stereocenters. The van der Waals surface area contributed by atoms with Gasteiger partial charge >= 0.3 is 7.82 Å². The molecular weight excluding hydrogens is 744 g/mol. The molecule has 0 fully saturated rings. The van der Waals surface area contributed by atoms with Crippen LogP contribution < -0.4 is 11.1 Å². The number of allylic oxidation sites excluding steroid dienone is 10. The van der Waals surface area contributed by atoms with Crippen LogP contribution in [0.3, 0.4) is 0 Å². The van der Waals surface area contributed by atoms with E-state index in [1.165, 1.54) is 96.3 Å². The molecule has 338 valence electrons. The molecule has 1 amide bonds. The van der Waals surface area contributed by atoms with Gasteiger partial charge in [-0.1, -0.05) is 209 Å². The monoisotopic (exact) mass is 835 g/mol. The zero-order chi connectivity index (χ0) is 42.5. The summed E-state index contributed by atoms with van der Waals surface area (Å²) < 4.78 is 22.2. The van der Waals surface area contributed by atoms with Gasteiger partial charge in [-0.25, -0.2) is 4.57 Å². The average molecular weight is 835 g/mol. The number of carbonyl (C=O) groups is 1. The minimum absolute atomic E-state index is 0.0828. The van der Waals surface area contributed by atoms with E-state index < -0.39 is 20.0 Å². The molecule has 0 radical (unpaired) electrons. The van der Waals surface area contributed by atoms with Crippen LogP contribution >= 0.6 is 7.82 Å². The van der Waals surface area contributed by atoms with E-state index in [4.69, 9.17) is 14.8 Å². The Morgan fingerprint density at radius 3 is 1.47 bits per heavy atom. The van der Waals surface area contributed by atoms with Gasteiger partial charge in [0.25, 0.3) is 0 Å². The van der Waals surface area contributed by atoms with Crippen molar-refractivity contribution in [2.24, 2.45) is 5.73 Å². The van der Waals surface area contributed by atoms with E-state index in [-0.39, 0.29) is 25.7 Å².